The molecule has 7 nitrogen and oxygen atoms in total. The third kappa shape index (κ3) is 4.94. The molecule has 0 unspecified atom stereocenters. The van der Waals surface area contributed by atoms with Crippen LogP contribution in [0.1, 0.15) is 16.8 Å². The van der Waals surface area contributed by atoms with Crippen molar-refractivity contribution in [2.45, 2.75) is 6.42 Å². The summed E-state index contributed by atoms with van der Waals surface area (Å²) in [5.74, 6) is -0.331. The molecule has 0 spiro atoms. The summed E-state index contributed by atoms with van der Waals surface area (Å²) >= 11 is 0. The second-order valence-corrected chi connectivity index (χ2v) is 5.29. The summed E-state index contributed by atoms with van der Waals surface area (Å²) in [5, 5.41) is 12.1. The van der Waals surface area contributed by atoms with Gasteiger partial charge < -0.3 is 24.8 Å². The number of fused-ring (bicyclic) bond motifs is 1. The van der Waals surface area contributed by atoms with E-state index in [9.17, 15) is 9.59 Å². The fourth-order valence-corrected chi connectivity index (χ4v) is 2.42. The molecule has 0 aliphatic carbocycles. The molecule has 0 bridgehead atoms. The highest BCUT2D eigenvalue weighted by atomic mass is 16.5. The lowest BCUT2D eigenvalue weighted by atomic mass is 10.1. The van der Waals surface area contributed by atoms with Crippen LogP contribution in [0.2, 0.25) is 0 Å². The number of Topliss-reactive ketones (excluding diaryl/α,β-unsaturated/α-hetero) is 1. The molecular formula is C16H22N2O5. The maximum absolute atomic E-state index is 12.2. The minimum atomic E-state index is -0.908. The van der Waals surface area contributed by atoms with Gasteiger partial charge in [-0.25, -0.2) is 0 Å². The van der Waals surface area contributed by atoms with E-state index in [0.29, 0.717) is 43.3 Å². The Labute approximate surface area is 135 Å². The number of carbonyl (C=O) groups is 2. The molecule has 2 rings (SSSR count). The summed E-state index contributed by atoms with van der Waals surface area (Å²) in [7, 11) is 1.64. The van der Waals surface area contributed by atoms with E-state index >= 15 is 0 Å². The SMILES string of the molecule is COCCCNCC(=O)c1ccc2c(c1)N(CC(=O)O)CCO2. The molecular weight excluding hydrogens is 300 g/mol. The molecule has 0 saturated carbocycles. The van der Waals surface area contributed by atoms with Crippen LogP contribution in [-0.2, 0) is 9.53 Å². The van der Waals surface area contributed by atoms with Crippen molar-refractivity contribution < 1.29 is 24.2 Å². The molecule has 0 amide bonds. The summed E-state index contributed by atoms with van der Waals surface area (Å²) in [6.07, 6.45) is 0.841. The highest BCUT2D eigenvalue weighted by molar-refractivity contribution is 5.99. The van der Waals surface area contributed by atoms with Crippen molar-refractivity contribution in [3.63, 3.8) is 0 Å². The van der Waals surface area contributed by atoms with Crippen molar-refractivity contribution in [1.29, 1.82) is 0 Å². The lowest BCUT2D eigenvalue weighted by Crippen LogP contribution is -2.37. The van der Waals surface area contributed by atoms with Gasteiger partial charge in [0.25, 0.3) is 0 Å². The Hall–Kier alpha value is -2.12. The molecule has 0 saturated heterocycles. The van der Waals surface area contributed by atoms with Gasteiger partial charge in [-0.2, -0.15) is 0 Å². The van der Waals surface area contributed by atoms with Crippen molar-refractivity contribution >= 4 is 17.4 Å². The van der Waals surface area contributed by atoms with E-state index in [4.69, 9.17) is 14.6 Å². The zero-order chi connectivity index (χ0) is 16.7. The van der Waals surface area contributed by atoms with E-state index in [1.54, 1.807) is 30.2 Å². The first-order valence-electron chi connectivity index (χ1n) is 7.58. The van der Waals surface area contributed by atoms with Gasteiger partial charge in [0.15, 0.2) is 5.78 Å². The van der Waals surface area contributed by atoms with Gasteiger partial charge in [-0.05, 0) is 31.2 Å². The van der Waals surface area contributed by atoms with Gasteiger partial charge in [0.05, 0.1) is 18.8 Å². The molecule has 2 N–H and O–H groups in total. The van der Waals surface area contributed by atoms with Gasteiger partial charge in [0.1, 0.15) is 18.9 Å². The van der Waals surface area contributed by atoms with Gasteiger partial charge in [0, 0.05) is 19.3 Å². The van der Waals surface area contributed by atoms with Crippen LogP contribution in [0.4, 0.5) is 5.69 Å². The number of anilines is 1. The Kier molecular flexibility index (Phi) is 6.37. The molecule has 1 aliphatic rings. The minimum Gasteiger partial charge on any atom is -0.490 e. The predicted octanol–water partition coefficient (Wildman–Crippen LogP) is 0.779. The van der Waals surface area contributed by atoms with E-state index < -0.39 is 5.97 Å². The topological polar surface area (TPSA) is 88.1 Å². The van der Waals surface area contributed by atoms with Crippen LogP contribution < -0.4 is 15.0 Å². The maximum Gasteiger partial charge on any atom is 0.323 e. The van der Waals surface area contributed by atoms with Crippen molar-refractivity contribution in [3.8, 4) is 5.75 Å². The molecule has 1 aromatic carbocycles. The molecule has 1 aliphatic heterocycles. The number of benzene rings is 1. The van der Waals surface area contributed by atoms with Crippen LogP contribution in [0.15, 0.2) is 18.2 Å². The first kappa shape index (κ1) is 17.2. The standard InChI is InChI=1S/C16H22N2O5/c1-22-7-2-5-17-10-14(19)12-3-4-15-13(9-12)18(6-8-23-15)11-16(20)21/h3-4,9,17H,2,5-8,10-11H2,1H3,(H,20,21). The number of nitrogens with zero attached hydrogens (tertiary/aromatic N) is 1. The summed E-state index contributed by atoms with van der Waals surface area (Å²) in [5.41, 5.74) is 1.20. The summed E-state index contributed by atoms with van der Waals surface area (Å²) < 4.78 is 10.5. The first-order valence-corrected chi connectivity index (χ1v) is 7.58. The fourth-order valence-electron chi connectivity index (χ4n) is 2.42. The van der Waals surface area contributed by atoms with Crippen LogP contribution in [0.3, 0.4) is 0 Å². The zero-order valence-corrected chi connectivity index (χ0v) is 13.2. The maximum atomic E-state index is 12.2. The van der Waals surface area contributed by atoms with Gasteiger partial charge in [-0.3, -0.25) is 9.59 Å². The second-order valence-electron chi connectivity index (χ2n) is 5.29. The van der Waals surface area contributed by atoms with Crippen molar-refractivity contribution in [1.82, 2.24) is 5.32 Å². The molecule has 0 fully saturated rings. The number of carboxylic acids is 1. The average molecular weight is 322 g/mol. The summed E-state index contributed by atoms with van der Waals surface area (Å²) in [4.78, 5) is 24.9. The number of aliphatic carboxylic acids is 1. The highest BCUT2D eigenvalue weighted by Gasteiger charge is 2.21. The van der Waals surface area contributed by atoms with E-state index in [-0.39, 0.29) is 18.9 Å². The monoisotopic (exact) mass is 322 g/mol. The number of ether oxygens (including phenoxy) is 2. The Morgan fingerprint density at radius 1 is 1.43 bits per heavy atom. The largest absolute Gasteiger partial charge is 0.490 e. The lowest BCUT2D eigenvalue weighted by Gasteiger charge is -2.30. The van der Waals surface area contributed by atoms with E-state index in [1.807, 2.05) is 0 Å². The van der Waals surface area contributed by atoms with E-state index in [0.717, 1.165) is 6.42 Å². The van der Waals surface area contributed by atoms with Crippen molar-refractivity contribution in [3.05, 3.63) is 23.8 Å². The Morgan fingerprint density at radius 2 is 2.26 bits per heavy atom. The van der Waals surface area contributed by atoms with E-state index in [1.165, 1.54) is 0 Å². The summed E-state index contributed by atoms with van der Waals surface area (Å²) in [6.45, 7) is 2.42. The molecule has 126 valence electrons. The quantitative estimate of drug-likeness (QED) is 0.513. The molecule has 23 heavy (non-hydrogen) atoms. The number of ketones is 1. The Balaban J connectivity index is 2.00. The average Bonchev–Trinajstić information content (AvgIpc) is 2.54. The summed E-state index contributed by atoms with van der Waals surface area (Å²) in [6, 6.07) is 5.14. The smallest absolute Gasteiger partial charge is 0.323 e. The van der Waals surface area contributed by atoms with Crippen LogP contribution in [0, 0.1) is 0 Å². The number of methoxy groups -OCH3 is 1. The number of rotatable bonds is 9. The Morgan fingerprint density at radius 3 is 3.00 bits per heavy atom. The van der Waals surface area contributed by atoms with Crippen LogP contribution in [0.25, 0.3) is 0 Å². The van der Waals surface area contributed by atoms with Gasteiger partial charge in [-0.1, -0.05) is 0 Å². The number of nitrogens with one attached hydrogen (secondary N) is 1. The molecule has 1 heterocycles. The number of carbonyl (C=O) groups excluding carboxylic acids is 1. The molecule has 0 aromatic heterocycles. The zero-order valence-electron chi connectivity index (χ0n) is 13.2. The lowest BCUT2D eigenvalue weighted by molar-refractivity contribution is -0.135. The molecule has 0 atom stereocenters. The number of hydrogen-bond acceptors (Lipinski definition) is 6. The third-order valence-electron chi connectivity index (χ3n) is 3.55. The number of hydrogen-bond donors (Lipinski definition) is 2. The second kappa shape index (κ2) is 8.50. The van der Waals surface area contributed by atoms with E-state index in [2.05, 4.69) is 5.32 Å². The van der Waals surface area contributed by atoms with Crippen molar-refractivity contribution in [2.75, 3.05) is 51.4 Å². The Bertz CT molecular complexity index is 561. The fraction of sp³-hybridized carbons (Fsp3) is 0.500. The highest BCUT2D eigenvalue weighted by Crippen LogP contribution is 2.32. The van der Waals surface area contributed by atoms with Crippen LogP contribution >= 0.6 is 0 Å². The predicted molar refractivity (Wildman–Crippen MR) is 85.5 cm³/mol. The minimum absolute atomic E-state index is 0.0361. The first-order chi connectivity index (χ1) is 11.1. The molecule has 0 radical (unpaired) electrons. The van der Waals surface area contributed by atoms with Crippen LogP contribution in [0.5, 0.6) is 5.75 Å². The normalized spacial score (nSPS) is 13.3. The molecule has 1 aromatic rings. The third-order valence-corrected chi connectivity index (χ3v) is 3.55. The van der Waals surface area contributed by atoms with Gasteiger partial charge in [0.2, 0.25) is 0 Å². The van der Waals surface area contributed by atoms with Crippen molar-refractivity contribution in [2.24, 2.45) is 0 Å². The number of carboxylic acid groups (broad SMARTS) is 1. The van der Waals surface area contributed by atoms with Gasteiger partial charge in [-0.15, -0.1) is 0 Å². The molecule has 7 heteroatoms. The van der Waals surface area contributed by atoms with Crippen LogP contribution in [-0.4, -0.2) is 63.4 Å². The van der Waals surface area contributed by atoms with Gasteiger partial charge >= 0.3 is 5.97 Å².